The van der Waals surface area contributed by atoms with Crippen LogP contribution in [-0.2, 0) is 4.79 Å². The third-order valence-electron chi connectivity index (χ3n) is 4.26. The number of ether oxygens (including phenoxy) is 1. The summed E-state index contributed by atoms with van der Waals surface area (Å²) in [5, 5.41) is 7.53. The Labute approximate surface area is 174 Å². The number of benzene rings is 2. The fraction of sp³-hybridized carbons (Fsp3) is 0.217. The van der Waals surface area contributed by atoms with Gasteiger partial charge in [0, 0.05) is 18.5 Å². The fourth-order valence-electron chi connectivity index (χ4n) is 2.83. The first-order chi connectivity index (χ1) is 14.2. The molecule has 0 bridgehead atoms. The number of carbonyl (C=O) groups excluding carboxylic acids is 2. The predicted molar refractivity (Wildman–Crippen MR) is 116 cm³/mol. The van der Waals surface area contributed by atoms with Gasteiger partial charge >= 0.3 is 0 Å². The van der Waals surface area contributed by atoms with Gasteiger partial charge < -0.3 is 15.4 Å². The summed E-state index contributed by atoms with van der Waals surface area (Å²) < 4.78 is 5.87. The third kappa shape index (κ3) is 6.47. The molecule has 0 unspecified atom stereocenters. The third-order valence-corrected chi connectivity index (χ3v) is 5.13. The Bertz CT molecular complexity index is 911. The van der Waals surface area contributed by atoms with Crippen LogP contribution in [0.4, 0.5) is 0 Å². The number of rotatable bonds is 10. The van der Waals surface area contributed by atoms with Gasteiger partial charge in [0.2, 0.25) is 5.91 Å². The number of para-hydroxylation sites is 1. The number of hydrogen-bond acceptors (Lipinski definition) is 4. The van der Waals surface area contributed by atoms with Crippen molar-refractivity contribution >= 4 is 23.2 Å². The average molecular weight is 409 g/mol. The summed E-state index contributed by atoms with van der Waals surface area (Å²) in [5.41, 5.74) is 2.12. The monoisotopic (exact) mass is 408 g/mol. The van der Waals surface area contributed by atoms with E-state index in [1.54, 1.807) is 6.07 Å². The normalized spacial score (nSPS) is 10.3. The maximum Gasteiger partial charge on any atom is 0.261 e. The van der Waals surface area contributed by atoms with Gasteiger partial charge in [0.05, 0.1) is 11.4 Å². The smallest absolute Gasteiger partial charge is 0.261 e. The molecular weight excluding hydrogens is 384 g/mol. The van der Waals surface area contributed by atoms with Gasteiger partial charge in [0.1, 0.15) is 12.4 Å². The molecule has 0 aliphatic carbocycles. The van der Waals surface area contributed by atoms with Crippen LogP contribution in [0.1, 0.15) is 22.5 Å². The summed E-state index contributed by atoms with van der Waals surface area (Å²) in [6, 6.07) is 21.5. The summed E-state index contributed by atoms with van der Waals surface area (Å²) >= 11 is 1.40. The Morgan fingerprint density at radius 3 is 2.45 bits per heavy atom. The highest BCUT2D eigenvalue weighted by Crippen LogP contribution is 2.29. The molecular formula is C23H24N2O3S. The molecule has 5 nitrogen and oxygen atoms in total. The van der Waals surface area contributed by atoms with Gasteiger partial charge in [-0.25, -0.2) is 0 Å². The van der Waals surface area contributed by atoms with E-state index in [-0.39, 0.29) is 11.8 Å². The average Bonchev–Trinajstić information content (AvgIpc) is 3.30. The lowest BCUT2D eigenvalue weighted by Crippen LogP contribution is -2.29. The molecule has 0 saturated carbocycles. The highest BCUT2D eigenvalue weighted by atomic mass is 32.1. The van der Waals surface area contributed by atoms with Crippen LogP contribution in [0.5, 0.6) is 5.75 Å². The van der Waals surface area contributed by atoms with Crippen molar-refractivity contribution in [2.45, 2.75) is 12.8 Å². The lowest BCUT2D eigenvalue weighted by atomic mass is 10.1. The number of carbonyl (C=O) groups is 2. The molecule has 2 amide bonds. The number of nitrogens with one attached hydrogen (secondary N) is 2. The van der Waals surface area contributed by atoms with E-state index >= 15 is 0 Å². The van der Waals surface area contributed by atoms with E-state index in [4.69, 9.17) is 4.74 Å². The van der Waals surface area contributed by atoms with Gasteiger partial charge in [0.15, 0.2) is 0 Å². The fourth-order valence-corrected chi connectivity index (χ4v) is 3.47. The molecule has 0 aliphatic rings. The number of amides is 2. The molecule has 3 aromatic rings. The molecule has 0 saturated heterocycles. The van der Waals surface area contributed by atoms with Crippen molar-refractivity contribution < 1.29 is 14.3 Å². The number of hydrogen-bond donors (Lipinski definition) is 2. The summed E-state index contributed by atoms with van der Waals surface area (Å²) in [6.45, 7) is 1.30. The summed E-state index contributed by atoms with van der Waals surface area (Å²) in [6.07, 6.45) is 0.964. The molecule has 150 valence electrons. The van der Waals surface area contributed by atoms with Crippen LogP contribution in [-0.4, -0.2) is 31.5 Å². The summed E-state index contributed by atoms with van der Waals surface area (Å²) in [5.74, 6) is 0.658. The van der Waals surface area contributed by atoms with Crippen LogP contribution < -0.4 is 15.4 Å². The lowest BCUT2D eigenvalue weighted by molar-refractivity contribution is -0.121. The van der Waals surface area contributed by atoms with Crippen molar-refractivity contribution in [1.29, 1.82) is 0 Å². The van der Waals surface area contributed by atoms with Crippen LogP contribution in [0.2, 0.25) is 0 Å². The van der Waals surface area contributed by atoms with Crippen LogP contribution in [0, 0.1) is 0 Å². The first-order valence-corrected chi connectivity index (χ1v) is 10.5. The topological polar surface area (TPSA) is 67.4 Å². The van der Waals surface area contributed by atoms with Gasteiger partial charge in [0.25, 0.3) is 5.91 Å². The second kappa shape index (κ2) is 11.0. The second-order valence-electron chi connectivity index (χ2n) is 6.40. The Kier molecular flexibility index (Phi) is 7.83. The Morgan fingerprint density at radius 1 is 0.862 bits per heavy atom. The van der Waals surface area contributed by atoms with Crippen LogP contribution in [0.15, 0.2) is 72.1 Å². The minimum atomic E-state index is -0.0918. The van der Waals surface area contributed by atoms with Crippen molar-refractivity contribution in [3.8, 4) is 16.9 Å². The van der Waals surface area contributed by atoms with Crippen molar-refractivity contribution in [2.75, 3.05) is 19.7 Å². The van der Waals surface area contributed by atoms with Gasteiger partial charge in [-0.2, -0.15) is 0 Å². The molecule has 6 heteroatoms. The lowest BCUT2D eigenvalue weighted by Gasteiger charge is -2.12. The molecule has 29 heavy (non-hydrogen) atoms. The Hall–Kier alpha value is -3.12. The predicted octanol–water partition coefficient (Wildman–Crippen LogP) is 4.12. The molecule has 1 heterocycles. The molecule has 0 fully saturated rings. The van der Waals surface area contributed by atoms with Gasteiger partial charge in [-0.3, -0.25) is 9.59 Å². The van der Waals surface area contributed by atoms with Crippen LogP contribution in [0.3, 0.4) is 0 Å². The molecule has 3 rings (SSSR count). The SMILES string of the molecule is O=C(CCCNC(=O)c1cccs1)NCCOc1ccccc1-c1ccccc1. The highest BCUT2D eigenvalue weighted by molar-refractivity contribution is 7.12. The standard InChI is InChI=1S/C23H24N2O3S/c26-22(13-6-14-25-23(27)21-12-7-17-29-21)24-15-16-28-20-11-5-4-10-19(20)18-8-2-1-3-9-18/h1-5,7-12,17H,6,13-16H2,(H,24,26)(H,25,27). The van der Waals surface area contributed by atoms with E-state index in [1.807, 2.05) is 66.0 Å². The maximum absolute atomic E-state index is 11.9. The molecule has 0 aliphatic heterocycles. The Balaban J connectivity index is 1.34. The van der Waals surface area contributed by atoms with Crippen LogP contribution in [0.25, 0.3) is 11.1 Å². The van der Waals surface area contributed by atoms with Crippen molar-refractivity contribution in [3.63, 3.8) is 0 Å². The van der Waals surface area contributed by atoms with Crippen molar-refractivity contribution in [1.82, 2.24) is 10.6 Å². The van der Waals surface area contributed by atoms with E-state index in [0.717, 1.165) is 16.9 Å². The molecule has 0 spiro atoms. The first kappa shape index (κ1) is 20.6. The summed E-state index contributed by atoms with van der Waals surface area (Å²) in [4.78, 5) is 24.4. The zero-order valence-electron chi connectivity index (χ0n) is 16.1. The van der Waals surface area contributed by atoms with Gasteiger partial charge in [-0.15, -0.1) is 11.3 Å². The maximum atomic E-state index is 11.9. The van der Waals surface area contributed by atoms with Gasteiger partial charge in [-0.1, -0.05) is 54.6 Å². The van der Waals surface area contributed by atoms with E-state index in [9.17, 15) is 9.59 Å². The number of thiophene rings is 1. The van der Waals surface area contributed by atoms with E-state index in [0.29, 0.717) is 37.4 Å². The molecule has 0 atom stereocenters. The van der Waals surface area contributed by atoms with Crippen LogP contribution >= 0.6 is 11.3 Å². The van der Waals surface area contributed by atoms with Crippen molar-refractivity contribution in [2.24, 2.45) is 0 Å². The van der Waals surface area contributed by atoms with Crippen molar-refractivity contribution in [3.05, 3.63) is 77.0 Å². The quantitative estimate of drug-likeness (QED) is 0.496. The Morgan fingerprint density at radius 2 is 1.66 bits per heavy atom. The van der Waals surface area contributed by atoms with Gasteiger partial charge in [-0.05, 0) is 29.5 Å². The highest BCUT2D eigenvalue weighted by Gasteiger charge is 2.07. The van der Waals surface area contributed by atoms with E-state index in [2.05, 4.69) is 10.6 Å². The minimum absolute atomic E-state index is 0.0460. The largest absolute Gasteiger partial charge is 0.491 e. The molecule has 0 radical (unpaired) electrons. The first-order valence-electron chi connectivity index (χ1n) is 9.59. The zero-order chi connectivity index (χ0) is 20.3. The molecule has 2 aromatic carbocycles. The molecule has 1 aromatic heterocycles. The van der Waals surface area contributed by atoms with E-state index < -0.39 is 0 Å². The molecule has 2 N–H and O–H groups in total. The minimum Gasteiger partial charge on any atom is -0.491 e. The zero-order valence-corrected chi connectivity index (χ0v) is 16.9. The second-order valence-corrected chi connectivity index (χ2v) is 7.35. The summed E-state index contributed by atoms with van der Waals surface area (Å²) in [7, 11) is 0. The van der Waals surface area contributed by atoms with E-state index in [1.165, 1.54) is 11.3 Å².